The zero-order valence-electron chi connectivity index (χ0n) is 22.1. The van der Waals surface area contributed by atoms with Gasteiger partial charge in [-0.3, -0.25) is 9.78 Å². The van der Waals surface area contributed by atoms with Gasteiger partial charge in [0.25, 0.3) is 5.91 Å². The summed E-state index contributed by atoms with van der Waals surface area (Å²) in [7, 11) is 3.19. The van der Waals surface area contributed by atoms with Crippen LogP contribution >= 0.6 is 0 Å². The molecule has 2 heterocycles. The highest BCUT2D eigenvalue weighted by Crippen LogP contribution is 2.40. The molecule has 35 heavy (non-hydrogen) atoms. The van der Waals surface area contributed by atoms with Gasteiger partial charge in [0, 0.05) is 37.5 Å². The number of hydrogen-bond acceptors (Lipinski definition) is 5. The van der Waals surface area contributed by atoms with E-state index in [-0.39, 0.29) is 23.2 Å². The Morgan fingerprint density at radius 3 is 2.26 bits per heavy atom. The minimum Gasteiger partial charge on any atom is -0.496 e. The maximum absolute atomic E-state index is 13.5. The molecule has 0 aliphatic carbocycles. The highest BCUT2D eigenvalue weighted by Gasteiger charge is 2.53. The van der Waals surface area contributed by atoms with Gasteiger partial charge in [-0.1, -0.05) is 46.8 Å². The summed E-state index contributed by atoms with van der Waals surface area (Å²) in [5, 5.41) is 10.2. The van der Waals surface area contributed by atoms with E-state index in [4.69, 9.17) is 9.47 Å². The van der Waals surface area contributed by atoms with Gasteiger partial charge in [-0.25, -0.2) is 4.79 Å². The van der Waals surface area contributed by atoms with Crippen LogP contribution in [0.25, 0.3) is 0 Å². The van der Waals surface area contributed by atoms with Crippen molar-refractivity contribution in [1.82, 2.24) is 9.88 Å². The lowest BCUT2D eigenvalue weighted by molar-refractivity contribution is -0.149. The maximum Gasteiger partial charge on any atom is 0.329 e. The van der Waals surface area contributed by atoms with Crippen LogP contribution in [0.4, 0.5) is 0 Å². The van der Waals surface area contributed by atoms with E-state index in [1.165, 1.54) is 0 Å². The fraction of sp³-hybridized carbons (Fsp3) is 0.536. The molecule has 0 spiro atoms. The topological polar surface area (TPSA) is 89.0 Å². The molecule has 7 heteroatoms. The van der Waals surface area contributed by atoms with Crippen LogP contribution in [0, 0.1) is 11.8 Å². The molecule has 192 valence electrons. The molecule has 3 rings (SSSR count). The summed E-state index contributed by atoms with van der Waals surface area (Å²) in [6.07, 6.45) is 4.31. The first-order chi connectivity index (χ1) is 16.5. The summed E-state index contributed by atoms with van der Waals surface area (Å²) in [5.74, 6) is -0.447. The quantitative estimate of drug-likeness (QED) is 0.591. The molecular formula is C28H40N2O5. The molecule has 1 aliphatic heterocycles. The highest BCUT2D eigenvalue weighted by molar-refractivity contribution is 5.98. The number of carboxylic acids is 1. The van der Waals surface area contributed by atoms with Gasteiger partial charge in [0.1, 0.15) is 11.3 Å². The largest absolute Gasteiger partial charge is 0.496 e. The van der Waals surface area contributed by atoms with Crippen molar-refractivity contribution in [3.05, 3.63) is 59.9 Å². The molecule has 1 aromatic carbocycles. The summed E-state index contributed by atoms with van der Waals surface area (Å²) < 4.78 is 10.8. The second-order valence-corrected chi connectivity index (χ2v) is 10.6. The van der Waals surface area contributed by atoms with Gasteiger partial charge >= 0.3 is 5.97 Å². The number of rotatable bonds is 7. The Morgan fingerprint density at radius 1 is 1.17 bits per heavy atom. The number of pyridine rings is 1. The predicted molar refractivity (Wildman–Crippen MR) is 137 cm³/mol. The van der Waals surface area contributed by atoms with Crippen LogP contribution < -0.4 is 4.74 Å². The maximum atomic E-state index is 13.5. The molecule has 1 amide bonds. The zero-order valence-corrected chi connectivity index (χ0v) is 22.1. The van der Waals surface area contributed by atoms with Crippen LogP contribution in [0.2, 0.25) is 0 Å². The Hall–Kier alpha value is -2.93. The number of carboxylic acid groups (broad SMARTS) is 1. The van der Waals surface area contributed by atoms with E-state index in [1.807, 2.05) is 38.1 Å². The number of carbonyl (C=O) groups is 2. The fourth-order valence-electron chi connectivity index (χ4n) is 4.78. The summed E-state index contributed by atoms with van der Waals surface area (Å²) in [6.45, 7) is 11.0. The minimum absolute atomic E-state index is 0.00505. The molecule has 7 nitrogen and oxygen atoms in total. The van der Waals surface area contributed by atoms with Gasteiger partial charge < -0.3 is 19.5 Å². The smallest absolute Gasteiger partial charge is 0.329 e. The Bertz CT molecular complexity index is 944. The Labute approximate surface area is 209 Å². The van der Waals surface area contributed by atoms with Crippen LogP contribution in [0.15, 0.2) is 48.8 Å². The number of nitrogens with zero attached hydrogens (tertiary/aromatic N) is 2. The number of carbonyl (C=O) groups excluding carboxylic acids is 1. The van der Waals surface area contributed by atoms with Gasteiger partial charge in [-0.2, -0.15) is 0 Å². The number of aromatic nitrogens is 1. The molecule has 0 unspecified atom stereocenters. The molecule has 2 atom stereocenters. The van der Waals surface area contributed by atoms with Crippen LogP contribution in [-0.2, 0) is 14.9 Å². The number of methoxy groups -OCH3 is 2. The molecule has 2 aromatic rings. The van der Waals surface area contributed by atoms with Gasteiger partial charge in [0.15, 0.2) is 0 Å². The lowest BCUT2D eigenvalue weighted by Gasteiger charge is -2.36. The number of amides is 1. The normalized spacial score (nSPS) is 19.8. The summed E-state index contributed by atoms with van der Waals surface area (Å²) in [4.78, 5) is 31.2. The van der Waals surface area contributed by atoms with Crippen molar-refractivity contribution in [2.45, 2.75) is 58.4 Å². The van der Waals surface area contributed by atoms with Crippen LogP contribution in [0.5, 0.6) is 5.75 Å². The van der Waals surface area contributed by atoms with E-state index in [0.717, 1.165) is 5.56 Å². The molecule has 0 radical (unpaired) electrons. The third kappa shape index (κ3) is 7.04. The Kier molecular flexibility index (Phi) is 9.83. The lowest BCUT2D eigenvalue weighted by Crippen LogP contribution is -2.53. The summed E-state index contributed by atoms with van der Waals surface area (Å²) in [5.41, 5.74) is 0.0981. The van der Waals surface area contributed by atoms with Gasteiger partial charge in [0.2, 0.25) is 0 Å². The second-order valence-electron chi connectivity index (χ2n) is 10.6. The SMILES string of the molecule is COC[C@@H]1CN(C(=O)c2ccc(C(C)(C)C)c(OC)c2)[C@](CC(C)C)(C(=O)O)C1.c1ccncc1. The predicted octanol–water partition coefficient (Wildman–Crippen LogP) is 5.05. The highest BCUT2D eigenvalue weighted by atomic mass is 16.5. The monoisotopic (exact) mass is 484 g/mol. The van der Waals surface area contributed by atoms with E-state index < -0.39 is 11.5 Å². The fourth-order valence-corrected chi connectivity index (χ4v) is 4.78. The molecule has 1 N–H and O–H groups in total. The summed E-state index contributed by atoms with van der Waals surface area (Å²) >= 11 is 0. The zero-order chi connectivity index (χ0) is 26.2. The van der Waals surface area contributed by atoms with Crippen molar-refractivity contribution in [2.75, 3.05) is 27.4 Å². The van der Waals surface area contributed by atoms with Crippen LogP contribution in [0.3, 0.4) is 0 Å². The van der Waals surface area contributed by atoms with E-state index in [2.05, 4.69) is 25.8 Å². The van der Waals surface area contributed by atoms with Gasteiger partial charge in [0.05, 0.1) is 13.7 Å². The third-order valence-corrected chi connectivity index (χ3v) is 6.20. The molecule has 0 bridgehead atoms. The first kappa shape index (κ1) is 28.3. The standard InChI is InChI=1S/C23H35NO5.C5H5N/c1-15(2)11-23(21(26)27)12-16(14-28-6)13-24(23)20(25)17-8-9-18(22(3,4)5)19(10-17)29-7;1-2-4-6-5-3-1/h8-10,15-16H,11-14H2,1-7H3,(H,26,27);1-5H/t16-,23-;/m0./s1. The van der Waals surface area contributed by atoms with Crippen molar-refractivity contribution in [3.8, 4) is 5.75 Å². The molecule has 1 saturated heterocycles. The second kappa shape index (κ2) is 12.2. The van der Waals surface area contributed by atoms with Crippen molar-refractivity contribution in [3.63, 3.8) is 0 Å². The number of ether oxygens (including phenoxy) is 2. The molecule has 1 aromatic heterocycles. The first-order valence-corrected chi connectivity index (χ1v) is 12.0. The number of hydrogen-bond donors (Lipinski definition) is 1. The van der Waals surface area contributed by atoms with Crippen molar-refractivity contribution in [1.29, 1.82) is 0 Å². The lowest BCUT2D eigenvalue weighted by atomic mass is 9.83. The van der Waals surface area contributed by atoms with Crippen molar-refractivity contribution in [2.24, 2.45) is 11.8 Å². The average molecular weight is 485 g/mol. The first-order valence-electron chi connectivity index (χ1n) is 12.0. The van der Waals surface area contributed by atoms with Crippen LogP contribution in [-0.4, -0.2) is 59.8 Å². The number of aliphatic carboxylic acids is 1. The van der Waals surface area contributed by atoms with E-state index in [9.17, 15) is 14.7 Å². The van der Waals surface area contributed by atoms with E-state index in [0.29, 0.717) is 37.3 Å². The summed E-state index contributed by atoms with van der Waals surface area (Å²) in [6, 6.07) is 11.1. The van der Waals surface area contributed by atoms with Crippen molar-refractivity contribution >= 4 is 11.9 Å². The van der Waals surface area contributed by atoms with Gasteiger partial charge in [-0.05, 0) is 54.0 Å². The minimum atomic E-state index is -1.22. The Morgan fingerprint density at radius 2 is 1.83 bits per heavy atom. The number of benzene rings is 1. The molecule has 1 aliphatic rings. The average Bonchev–Trinajstić information content (AvgIpc) is 3.17. The van der Waals surface area contributed by atoms with Crippen molar-refractivity contribution < 1.29 is 24.2 Å². The van der Waals surface area contributed by atoms with E-state index in [1.54, 1.807) is 43.6 Å². The third-order valence-electron chi connectivity index (χ3n) is 6.20. The molecule has 1 fully saturated rings. The Balaban J connectivity index is 0.000000625. The van der Waals surface area contributed by atoms with E-state index >= 15 is 0 Å². The molecular weight excluding hydrogens is 444 g/mol. The van der Waals surface area contributed by atoms with Crippen LogP contribution in [0.1, 0.15) is 63.4 Å². The number of likely N-dealkylation sites (tertiary alicyclic amines) is 1. The molecule has 0 saturated carbocycles. The van der Waals surface area contributed by atoms with Gasteiger partial charge in [-0.15, -0.1) is 0 Å².